The first kappa shape index (κ1) is 19.1. The van der Waals surface area contributed by atoms with Gasteiger partial charge in [0.15, 0.2) is 0 Å². The molecule has 1 aromatic rings. The molecule has 0 spiro atoms. The number of hydrogen-bond donors (Lipinski definition) is 2. The van der Waals surface area contributed by atoms with Crippen molar-refractivity contribution >= 4 is 11.9 Å². The second-order valence-corrected chi connectivity index (χ2v) is 6.24. The van der Waals surface area contributed by atoms with Gasteiger partial charge in [-0.05, 0) is 37.8 Å². The minimum Gasteiger partial charge on any atom is -0.496 e. The summed E-state index contributed by atoms with van der Waals surface area (Å²) in [4.78, 5) is 24.1. The lowest BCUT2D eigenvalue weighted by Gasteiger charge is -2.35. The average molecular weight is 351 g/mol. The van der Waals surface area contributed by atoms with Crippen molar-refractivity contribution in [2.45, 2.75) is 31.3 Å². The predicted molar refractivity (Wildman–Crippen MR) is 90.8 cm³/mol. The van der Waals surface area contributed by atoms with Crippen molar-refractivity contribution in [1.29, 1.82) is 0 Å². The molecule has 0 atom stereocenters. The van der Waals surface area contributed by atoms with Crippen LogP contribution >= 0.6 is 0 Å². The third-order valence-electron chi connectivity index (χ3n) is 4.68. The molecule has 138 valence electrons. The fourth-order valence-corrected chi connectivity index (χ4v) is 3.14. The van der Waals surface area contributed by atoms with Crippen molar-refractivity contribution in [3.8, 4) is 11.5 Å². The molecule has 0 saturated heterocycles. The third kappa shape index (κ3) is 4.42. The highest BCUT2D eigenvalue weighted by Gasteiger charge is 2.36. The lowest BCUT2D eigenvalue weighted by atomic mass is 9.78. The SMILES string of the molecule is COC(=O)C1CCC(O)(CNC(=O)c2c(OC)cccc2OC)CC1. The molecule has 0 radical (unpaired) electrons. The number of rotatable bonds is 6. The Balaban J connectivity index is 2.00. The molecule has 2 rings (SSSR count). The van der Waals surface area contributed by atoms with Crippen LogP contribution in [0.2, 0.25) is 0 Å². The van der Waals surface area contributed by atoms with Crippen LogP contribution in [0, 0.1) is 5.92 Å². The molecule has 0 aliphatic heterocycles. The van der Waals surface area contributed by atoms with Gasteiger partial charge in [-0.2, -0.15) is 0 Å². The van der Waals surface area contributed by atoms with E-state index < -0.39 is 5.60 Å². The van der Waals surface area contributed by atoms with Gasteiger partial charge in [0.1, 0.15) is 17.1 Å². The van der Waals surface area contributed by atoms with Crippen LogP contribution in [-0.4, -0.2) is 50.5 Å². The predicted octanol–water partition coefficient (Wildman–Crippen LogP) is 1.53. The van der Waals surface area contributed by atoms with Gasteiger partial charge in [-0.3, -0.25) is 9.59 Å². The molecule has 1 aromatic carbocycles. The Morgan fingerprint density at radius 2 is 1.72 bits per heavy atom. The van der Waals surface area contributed by atoms with Gasteiger partial charge in [-0.15, -0.1) is 0 Å². The molecule has 1 amide bonds. The summed E-state index contributed by atoms with van der Waals surface area (Å²) in [5, 5.41) is 13.4. The molecule has 25 heavy (non-hydrogen) atoms. The highest BCUT2D eigenvalue weighted by atomic mass is 16.5. The Hall–Kier alpha value is -2.28. The minimum atomic E-state index is -1.03. The molecule has 7 nitrogen and oxygen atoms in total. The van der Waals surface area contributed by atoms with Crippen molar-refractivity contribution in [3.05, 3.63) is 23.8 Å². The van der Waals surface area contributed by atoms with Crippen LogP contribution < -0.4 is 14.8 Å². The second kappa shape index (κ2) is 8.20. The van der Waals surface area contributed by atoms with Gasteiger partial charge in [0.2, 0.25) is 0 Å². The van der Waals surface area contributed by atoms with E-state index in [1.165, 1.54) is 21.3 Å². The maximum Gasteiger partial charge on any atom is 0.308 e. The monoisotopic (exact) mass is 351 g/mol. The highest BCUT2D eigenvalue weighted by molar-refractivity contribution is 5.99. The van der Waals surface area contributed by atoms with Crippen LogP contribution in [0.5, 0.6) is 11.5 Å². The van der Waals surface area contributed by atoms with Crippen molar-refractivity contribution in [1.82, 2.24) is 5.32 Å². The number of carbonyl (C=O) groups excluding carboxylic acids is 2. The van der Waals surface area contributed by atoms with Gasteiger partial charge >= 0.3 is 5.97 Å². The Kier molecular flexibility index (Phi) is 6.25. The van der Waals surface area contributed by atoms with E-state index in [0.29, 0.717) is 42.7 Å². The topological polar surface area (TPSA) is 94.1 Å². The van der Waals surface area contributed by atoms with Gasteiger partial charge in [0, 0.05) is 6.54 Å². The summed E-state index contributed by atoms with van der Waals surface area (Å²) in [5.74, 6) is -0.00516. The summed E-state index contributed by atoms with van der Waals surface area (Å²) >= 11 is 0. The molecule has 1 fully saturated rings. The largest absolute Gasteiger partial charge is 0.496 e. The van der Waals surface area contributed by atoms with E-state index in [-0.39, 0.29) is 24.3 Å². The van der Waals surface area contributed by atoms with E-state index in [1.807, 2.05) is 0 Å². The van der Waals surface area contributed by atoms with Crippen LogP contribution in [-0.2, 0) is 9.53 Å². The third-order valence-corrected chi connectivity index (χ3v) is 4.68. The van der Waals surface area contributed by atoms with Crippen molar-refractivity contribution in [2.24, 2.45) is 5.92 Å². The van der Waals surface area contributed by atoms with Crippen LogP contribution in [0.15, 0.2) is 18.2 Å². The quantitative estimate of drug-likeness (QED) is 0.755. The summed E-state index contributed by atoms with van der Waals surface area (Å²) in [7, 11) is 4.32. The second-order valence-electron chi connectivity index (χ2n) is 6.24. The van der Waals surface area contributed by atoms with Crippen LogP contribution in [0.1, 0.15) is 36.0 Å². The lowest BCUT2D eigenvalue weighted by molar-refractivity contribution is -0.148. The fraction of sp³-hybridized carbons (Fsp3) is 0.556. The van der Waals surface area contributed by atoms with E-state index in [0.717, 1.165) is 0 Å². The van der Waals surface area contributed by atoms with Gasteiger partial charge in [0.25, 0.3) is 5.91 Å². The molecule has 2 N–H and O–H groups in total. The zero-order valence-electron chi connectivity index (χ0n) is 14.8. The number of benzene rings is 1. The van der Waals surface area contributed by atoms with Gasteiger partial charge in [0.05, 0.1) is 32.8 Å². The molecule has 0 aromatic heterocycles. The van der Waals surface area contributed by atoms with Gasteiger partial charge in [-0.1, -0.05) is 6.07 Å². The molecule has 1 aliphatic carbocycles. The van der Waals surface area contributed by atoms with Crippen molar-refractivity contribution in [2.75, 3.05) is 27.9 Å². The minimum absolute atomic E-state index is 0.0981. The van der Waals surface area contributed by atoms with E-state index in [1.54, 1.807) is 18.2 Å². The number of amides is 1. The standard InChI is InChI=1S/C18H25NO6/c1-23-13-5-4-6-14(24-2)15(13)16(20)19-11-18(22)9-7-12(8-10-18)17(21)25-3/h4-6,12,22H,7-11H2,1-3H3,(H,19,20). The van der Waals surface area contributed by atoms with E-state index in [2.05, 4.69) is 5.32 Å². The fourth-order valence-electron chi connectivity index (χ4n) is 3.14. The Labute approximate surface area is 147 Å². The molecule has 1 saturated carbocycles. The van der Waals surface area contributed by atoms with E-state index in [9.17, 15) is 14.7 Å². The maximum atomic E-state index is 12.6. The normalized spacial score (nSPS) is 22.8. The number of methoxy groups -OCH3 is 3. The number of ether oxygens (including phenoxy) is 3. The molecular formula is C18H25NO6. The summed E-state index contributed by atoms with van der Waals surface area (Å²) in [6, 6.07) is 5.08. The first-order valence-corrected chi connectivity index (χ1v) is 8.23. The molecule has 1 aliphatic rings. The number of esters is 1. The number of nitrogens with one attached hydrogen (secondary N) is 1. The maximum absolute atomic E-state index is 12.6. The van der Waals surface area contributed by atoms with Gasteiger partial charge < -0.3 is 24.6 Å². The molecule has 0 unspecified atom stereocenters. The van der Waals surface area contributed by atoms with E-state index in [4.69, 9.17) is 14.2 Å². The molecular weight excluding hydrogens is 326 g/mol. The van der Waals surface area contributed by atoms with Crippen LogP contribution in [0.4, 0.5) is 0 Å². The highest BCUT2D eigenvalue weighted by Crippen LogP contribution is 2.33. The Morgan fingerprint density at radius 3 is 2.20 bits per heavy atom. The molecule has 7 heteroatoms. The smallest absolute Gasteiger partial charge is 0.308 e. The molecule has 0 bridgehead atoms. The number of aliphatic hydroxyl groups is 1. The summed E-state index contributed by atoms with van der Waals surface area (Å²) in [6.45, 7) is 0.0981. The summed E-state index contributed by atoms with van der Waals surface area (Å²) in [6.07, 6.45) is 1.93. The summed E-state index contributed by atoms with van der Waals surface area (Å²) < 4.78 is 15.2. The zero-order valence-corrected chi connectivity index (χ0v) is 14.8. The van der Waals surface area contributed by atoms with Crippen molar-refractivity contribution < 1.29 is 28.9 Å². The zero-order chi connectivity index (χ0) is 18.4. The lowest BCUT2D eigenvalue weighted by Crippen LogP contribution is -2.46. The van der Waals surface area contributed by atoms with Crippen LogP contribution in [0.25, 0.3) is 0 Å². The Bertz CT molecular complexity index is 600. The van der Waals surface area contributed by atoms with Gasteiger partial charge in [-0.25, -0.2) is 0 Å². The Morgan fingerprint density at radius 1 is 1.16 bits per heavy atom. The van der Waals surface area contributed by atoms with Crippen molar-refractivity contribution in [3.63, 3.8) is 0 Å². The number of hydrogen-bond acceptors (Lipinski definition) is 6. The summed E-state index contributed by atoms with van der Waals surface area (Å²) in [5.41, 5.74) is -0.741. The first-order valence-electron chi connectivity index (χ1n) is 8.23. The number of carbonyl (C=O) groups is 2. The first-order chi connectivity index (χ1) is 11.9. The average Bonchev–Trinajstić information content (AvgIpc) is 2.65. The molecule has 0 heterocycles. The van der Waals surface area contributed by atoms with E-state index >= 15 is 0 Å². The van der Waals surface area contributed by atoms with Crippen LogP contribution in [0.3, 0.4) is 0 Å².